The van der Waals surface area contributed by atoms with Crippen LogP contribution in [-0.4, -0.2) is 40.2 Å². The fraction of sp³-hybridized carbons (Fsp3) is 0.133. The van der Waals surface area contributed by atoms with E-state index in [-0.39, 0.29) is 12.2 Å². The minimum Gasteiger partial charge on any atom is -0.480 e. The summed E-state index contributed by atoms with van der Waals surface area (Å²) in [4.78, 5) is 30.8. The average Bonchev–Trinajstić information content (AvgIpc) is 2.60. The maximum absolute atomic E-state index is 12.8. The average molecular weight is 430 g/mol. The summed E-state index contributed by atoms with van der Waals surface area (Å²) >= 11 is 5.74. The van der Waals surface area contributed by atoms with Crippen LogP contribution in [0.1, 0.15) is 5.56 Å². The number of halogens is 1. The molecule has 2 aromatic rings. The van der Waals surface area contributed by atoms with E-state index in [1.54, 1.807) is 0 Å². The lowest BCUT2D eigenvalue weighted by molar-refractivity contribution is -0.385. The van der Waals surface area contributed by atoms with Crippen LogP contribution in [0.5, 0.6) is 0 Å². The number of nitrogens with zero attached hydrogens (tertiary/aromatic N) is 3. The van der Waals surface area contributed by atoms with Gasteiger partial charge < -0.3 is 5.11 Å². The van der Waals surface area contributed by atoms with E-state index in [4.69, 9.17) is 16.7 Å². The number of hydrogen-bond acceptors (Lipinski definition) is 7. The summed E-state index contributed by atoms with van der Waals surface area (Å²) < 4.78 is 26.2. The molecule has 0 atom stereocenters. The van der Waals surface area contributed by atoms with Crippen LogP contribution in [0, 0.1) is 20.2 Å². The van der Waals surface area contributed by atoms with E-state index in [1.807, 2.05) is 0 Å². The van der Waals surface area contributed by atoms with Crippen LogP contribution >= 0.6 is 11.6 Å². The SMILES string of the molecule is O=C(O)CN(Cc1ccc([N+](=O)[O-])cc1)S(=O)(=O)c1ccc([N+](=O)[O-])c(Cl)c1. The zero-order valence-electron chi connectivity index (χ0n) is 13.9. The molecule has 0 heterocycles. The number of hydrogen-bond donors (Lipinski definition) is 1. The molecule has 0 aromatic heterocycles. The molecular weight excluding hydrogens is 418 g/mol. The van der Waals surface area contributed by atoms with Gasteiger partial charge in [-0.25, -0.2) is 8.42 Å². The van der Waals surface area contributed by atoms with E-state index < -0.39 is 48.0 Å². The maximum atomic E-state index is 12.8. The van der Waals surface area contributed by atoms with Gasteiger partial charge in [0.2, 0.25) is 10.0 Å². The monoisotopic (exact) mass is 429 g/mol. The third-order valence-electron chi connectivity index (χ3n) is 3.57. The van der Waals surface area contributed by atoms with Crippen LogP contribution < -0.4 is 0 Å². The van der Waals surface area contributed by atoms with Gasteiger partial charge in [0.1, 0.15) is 11.6 Å². The Bertz CT molecular complexity index is 1040. The van der Waals surface area contributed by atoms with Crippen LogP contribution in [0.3, 0.4) is 0 Å². The number of sulfonamides is 1. The number of carboxylic acid groups (broad SMARTS) is 1. The fourth-order valence-electron chi connectivity index (χ4n) is 2.25. The van der Waals surface area contributed by atoms with Crippen molar-refractivity contribution in [2.75, 3.05) is 6.54 Å². The van der Waals surface area contributed by atoms with E-state index in [0.717, 1.165) is 30.3 Å². The van der Waals surface area contributed by atoms with Gasteiger partial charge in [-0.05, 0) is 17.7 Å². The summed E-state index contributed by atoms with van der Waals surface area (Å²) in [6, 6.07) is 7.62. The van der Waals surface area contributed by atoms with Crippen LogP contribution in [0.15, 0.2) is 47.4 Å². The van der Waals surface area contributed by atoms with Gasteiger partial charge in [-0.3, -0.25) is 25.0 Å². The van der Waals surface area contributed by atoms with Crippen LogP contribution in [0.4, 0.5) is 11.4 Å². The Morgan fingerprint density at radius 2 is 1.68 bits per heavy atom. The number of nitro benzene ring substituents is 2. The van der Waals surface area contributed by atoms with Crippen molar-refractivity contribution >= 4 is 39.0 Å². The zero-order chi connectivity index (χ0) is 21.1. The van der Waals surface area contributed by atoms with E-state index in [0.29, 0.717) is 9.87 Å². The molecule has 2 aromatic carbocycles. The molecule has 11 nitrogen and oxygen atoms in total. The normalized spacial score (nSPS) is 11.4. The predicted molar refractivity (Wildman–Crippen MR) is 96.4 cm³/mol. The standard InChI is InChI=1S/C15H12ClN3O8S/c16-13-7-12(5-6-14(13)19(24)25)28(26,27)17(9-15(20)21)8-10-1-3-11(4-2-10)18(22)23/h1-7H,8-9H2,(H,20,21). The van der Waals surface area contributed by atoms with Gasteiger partial charge in [-0.15, -0.1) is 0 Å². The van der Waals surface area contributed by atoms with Crippen molar-refractivity contribution in [1.82, 2.24) is 4.31 Å². The first-order valence-corrected chi connectivity index (χ1v) is 9.23. The third kappa shape index (κ3) is 4.79. The van der Waals surface area contributed by atoms with Crippen LogP contribution in [0.25, 0.3) is 0 Å². The number of aliphatic carboxylic acids is 1. The van der Waals surface area contributed by atoms with Gasteiger partial charge in [0, 0.05) is 24.7 Å². The Morgan fingerprint density at radius 1 is 1.07 bits per heavy atom. The minimum atomic E-state index is -4.37. The van der Waals surface area contributed by atoms with Crippen molar-refractivity contribution in [2.45, 2.75) is 11.4 Å². The number of carboxylic acids is 1. The first-order valence-electron chi connectivity index (χ1n) is 7.41. The second kappa shape index (κ2) is 8.29. The Kier molecular flexibility index (Phi) is 6.28. The van der Waals surface area contributed by atoms with Gasteiger partial charge in [0.25, 0.3) is 11.4 Å². The molecule has 0 amide bonds. The van der Waals surface area contributed by atoms with E-state index in [2.05, 4.69) is 0 Å². The number of carbonyl (C=O) groups is 1. The van der Waals surface area contributed by atoms with Gasteiger partial charge in [-0.1, -0.05) is 23.7 Å². The summed E-state index contributed by atoms with van der Waals surface area (Å²) in [5.74, 6) is -1.43. The summed E-state index contributed by atoms with van der Waals surface area (Å²) in [6.45, 7) is -1.28. The first kappa shape index (κ1) is 21.2. The number of nitro groups is 2. The highest BCUT2D eigenvalue weighted by molar-refractivity contribution is 7.89. The summed E-state index contributed by atoms with van der Waals surface area (Å²) in [5.41, 5.74) is -0.400. The lowest BCUT2D eigenvalue weighted by Gasteiger charge is -2.20. The lowest BCUT2D eigenvalue weighted by atomic mass is 10.2. The molecular formula is C15H12ClN3O8S. The summed E-state index contributed by atoms with van der Waals surface area (Å²) in [6.07, 6.45) is 0. The van der Waals surface area contributed by atoms with Gasteiger partial charge >= 0.3 is 5.97 Å². The molecule has 0 saturated heterocycles. The van der Waals surface area contributed by atoms with Crippen molar-refractivity contribution in [3.63, 3.8) is 0 Å². The molecule has 0 radical (unpaired) electrons. The number of benzene rings is 2. The van der Waals surface area contributed by atoms with Gasteiger partial charge in [0.15, 0.2) is 0 Å². The third-order valence-corrected chi connectivity index (χ3v) is 5.66. The lowest BCUT2D eigenvalue weighted by Crippen LogP contribution is -2.35. The molecule has 148 valence electrons. The van der Waals surface area contributed by atoms with E-state index >= 15 is 0 Å². The zero-order valence-corrected chi connectivity index (χ0v) is 15.5. The first-order chi connectivity index (χ1) is 13.0. The Morgan fingerprint density at radius 3 is 2.14 bits per heavy atom. The quantitative estimate of drug-likeness (QED) is 0.494. The number of non-ortho nitro benzene ring substituents is 1. The highest BCUT2D eigenvalue weighted by Crippen LogP contribution is 2.29. The summed E-state index contributed by atoms with van der Waals surface area (Å²) in [7, 11) is -4.37. The Hall–Kier alpha value is -3.09. The molecule has 13 heteroatoms. The highest BCUT2D eigenvalue weighted by atomic mass is 35.5. The van der Waals surface area contributed by atoms with Crippen molar-refractivity contribution in [3.05, 3.63) is 73.3 Å². The topological polar surface area (TPSA) is 161 Å². The van der Waals surface area contributed by atoms with Gasteiger partial charge in [-0.2, -0.15) is 4.31 Å². The van der Waals surface area contributed by atoms with E-state index in [1.165, 1.54) is 12.1 Å². The second-order valence-corrected chi connectivity index (χ2v) is 7.81. The maximum Gasteiger partial charge on any atom is 0.318 e. The van der Waals surface area contributed by atoms with Crippen LogP contribution in [0.2, 0.25) is 5.02 Å². The van der Waals surface area contributed by atoms with E-state index in [9.17, 15) is 33.4 Å². The second-order valence-electron chi connectivity index (χ2n) is 5.46. The van der Waals surface area contributed by atoms with Crippen LogP contribution in [-0.2, 0) is 21.4 Å². The molecule has 0 aliphatic rings. The largest absolute Gasteiger partial charge is 0.480 e. The molecule has 0 unspecified atom stereocenters. The molecule has 0 saturated carbocycles. The number of rotatable bonds is 8. The molecule has 0 spiro atoms. The Labute approximate surface area is 163 Å². The fourth-order valence-corrected chi connectivity index (χ4v) is 3.97. The molecule has 0 aliphatic heterocycles. The molecule has 2 rings (SSSR count). The molecule has 1 N–H and O–H groups in total. The minimum absolute atomic E-state index is 0.210. The molecule has 28 heavy (non-hydrogen) atoms. The smallest absolute Gasteiger partial charge is 0.318 e. The molecule has 0 bridgehead atoms. The van der Waals surface area contributed by atoms with Crippen molar-refractivity contribution < 1.29 is 28.2 Å². The highest BCUT2D eigenvalue weighted by Gasteiger charge is 2.28. The van der Waals surface area contributed by atoms with Crippen molar-refractivity contribution in [2.24, 2.45) is 0 Å². The summed E-state index contributed by atoms with van der Waals surface area (Å²) in [5, 5.41) is 30.1. The van der Waals surface area contributed by atoms with Gasteiger partial charge in [0.05, 0.1) is 14.7 Å². The molecule has 0 aliphatic carbocycles. The Balaban J connectivity index is 2.40. The van der Waals surface area contributed by atoms with Crippen molar-refractivity contribution in [3.8, 4) is 0 Å². The molecule has 0 fully saturated rings. The van der Waals surface area contributed by atoms with Crippen molar-refractivity contribution in [1.29, 1.82) is 0 Å². The predicted octanol–water partition coefficient (Wildman–Crippen LogP) is 2.43.